The summed E-state index contributed by atoms with van der Waals surface area (Å²) in [5.41, 5.74) is 9.81. The van der Waals surface area contributed by atoms with E-state index in [-0.39, 0.29) is 0 Å². The van der Waals surface area contributed by atoms with E-state index in [4.69, 9.17) is 25.3 Å². The summed E-state index contributed by atoms with van der Waals surface area (Å²) in [7, 11) is 3.23. The van der Waals surface area contributed by atoms with Crippen molar-refractivity contribution >= 4 is 22.8 Å². The normalized spacial score (nSPS) is 13.4. The van der Waals surface area contributed by atoms with Crippen molar-refractivity contribution in [1.29, 1.82) is 0 Å². The third kappa shape index (κ3) is 3.72. The van der Waals surface area contributed by atoms with E-state index in [9.17, 15) is 0 Å². The zero-order valence-electron chi connectivity index (χ0n) is 17.5. The van der Waals surface area contributed by atoms with Crippen LogP contribution < -0.4 is 20.5 Å². The Kier molecular flexibility index (Phi) is 4.82. The minimum Gasteiger partial charge on any atom is -0.493 e. The molecule has 0 radical (unpaired) electrons. The lowest BCUT2D eigenvalue weighted by Crippen LogP contribution is -2.06. The zero-order valence-corrected chi connectivity index (χ0v) is 17.5. The summed E-state index contributed by atoms with van der Waals surface area (Å²) in [6.07, 6.45) is 2.25. The molecule has 0 amide bonds. The van der Waals surface area contributed by atoms with E-state index >= 15 is 0 Å². The Labute approximate surface area is 180 Å². The fourth-order valence-electron chi connectivity index (χ4n) is 3.60. The van der Waals surface area contributed by atoms with Crippen LogP contribution in [-0.4, -0.2) is 40.0 Å². The molecule has 8 heteroatoms. The first-order valence-corrected chi connectivity index (χ1v) is 10.2. The van der Waals surface area contributed by atoms with Crippen LogP contribution >= 0.6 is 0 Å². The van der Waals surface area contributed by atoms with Gasteiger partial charge in [-0.15, -0.1) is 5.10 Å². The van der Waals surface area contributed by atoms with Crippen molar-refractivity contribution in [1.82, 2.24) is 19.7 Å². The molecule has 2 aromatic heterocycles. The Bertz CT molecular complexity index is 1230. The van der Waals surface area contributed by atoms with Crippen LogP contribution in [0.25, 0.3) is 22.3 Å². The number of rotatable bonds is 7. The fraction of sp³-hybridized carbons (Fsp3) is 0.261. The van der Waals surface area contributed by atoms with Crippen molar-refractivity contribution in [2.24, 2.45) is 0 Å². The molecule has 0 saturated heterocycles. The van der Waals surface area contributed by atoms with Crippen molar-refractivity contribution in [3.05, 3.63) is 54.1 Å². The number of nitrogens with zero attached hydrogens (tertiary/aromatic N) is 4. The molecular formula is C23H24N6O2. The Morgan fingerprint density at radius 2 is 1.81 bits per heavy atom. The van der Waals surface area contributed by atoms with Crippen molar-refractivity contribution in [2.45, 2.75) is 25.4 Å². The number of methoxy groups -OCH3 is 2. The molecule has 1 fully saturated rings. The van der Waals surface area contributed by atoms with E-state index in [1.165, 1.54) is 0 Å². The van der Waals surface area contributed by atoms with E-state index in [1.807, 2.05) is 48.5 Å². The molecule has 3 N–H and O–H groups in total. The Morgan fingerprint density at radius 3 is 2.52 bits per heavy atom. The van der Waals surface area contributed by atoms with Crippen LogP contribution in [0.15, 0.2) is 48.5 Å². The summed E-state index contributed by atoms with van der Waals surface area (Å²) in [6.45, 7) is 0.555. The van der Waals surface area contributed by atoms with Gasteiger partial charge in [0.05, 0.1) is 31.8 Å². The largest absolute Gasteiger partial charge is 0.493 e. The van der Waals surface area contributed by atoms with Gasteiger partial charge in [0.25, 0.3) is 0 Å². The third-order valence-corrected chi connectivity index (χ3v) is 5.38. The predicted octanol–water partition coefficient (Wildman–Crippen LogP) is 3.72. The number of ether oxygens (including phenoxy) is 2. The summed E-state index contributed by atoms with van der Waals surface area (Å²) in [6, 6.07) is 16.2. The van der Waals surface area contributed by atoms with E-state index in [0.717, 1.165) is 29.4 Å². The van der Waals surface area contributed by atoms with Crippen LogP contribution in [0.3, 0.4) is 0 Å². The molecule has 31 heavy (non-hydrogen) atoms. The number of nitrogen functional groups attached to an aromatic ring is 1. The lowest BCUT2D eigenvalue weighted by atomic mass is 10.1. The number of nitrogens with two attached hydrogens (primary N) is 1. The Balaban J connectivity index is 1.66. The summed E-state index contributed by atoms with van der Waals surface area (Å²) < 4.78 is 12.7. The van der Waals surface area contributed by atoms with Crippen molar-refractivity contribution in [2.75, 3.05) is 25.3 Å². The molecule has 5 rings (SSSR count). The lowest BCUT2D eigenvalue weighted by molar-refractivity contribution is 0.355. The second-order valence-corrected chi connectivity index (χ2v) is 7.61. The Hall–Kier alpha value is -3.81. The maximum atomic E-state index is 6.56. The van der Waals surface area contributed by atoms with E-state index < -0.39 is 0 Å². The van der Waals surface area contributed by atoms with E-state index in [1.54, 1.807) is 18.9 Å². The van der Waals surface area contributed by atoms with Gasteiger partial charge in [-0.05, 0) is 36.6 Å². The Morgan fingerprint density at radius 1 is 1.03 bits per heavy atom. The molecule has 2 heterocycles. The van der Waals surface area contributed by atoms with Gasteiger partial charge in [0.1, 0.15) is 5.82 Å². The number of hydrogen-bond acceptors (Lipinski definition) is 7. The van der Waals surface area contributed by atoms with Gasteiger partial charge in [0.2, 0.25) is 5.95 Å². The topological polar surface area (TPSA) is 100 Å². The zero-order chi connectivity index (χ0) is 21.4. The number of benzene rings is 2. The summed E-state index contributed by atoms with van der Waals surface area (Å²) in [5, 5.41) is 8.81. The highest BCUT2D eigenvalue weighted by Crippen LogP contribution is 2.37. The van der Waals surface area contributed by atoms with Crippen molar-refractivity contribution in [3.8, 4) is 22.8 Å². The molecule has 1 aliphatic carbocycles. The summed E-state index contributed by atoms with van der Waals surface area (Å²) in [5.74, 6) is 2.37. The second kappa shape index (κ2) is 7.79. The molecule has 8 nitrogen and oxygen atoms in total. The van der Waals surface area contributed by atoms with Gasteiger partial charge in [0.15, 0.2) is 17.1 Å². The molecular weight excluding hydrogens is 392 g/mol. The highest BCUT2D eigenvalue weighted by atomic mass is 16.5. The van der Waals surface area contributed by atoms with Crippen LogP contribution in [0.1, 0.15) is 18.4 Å². The lowest BCUT2D eigenvalue weighted by Gasteiger charge is -2.11. The van der Waals surface area contributed by atoms with Crippen molar-refractivity contribution in [3.63, 3.8) is 0 Å². The van der Waals surface area contributed by atoms with Crippen LogP contribution in [-0.2, 0) is 6.54 Å². The highest BCUT2D eigenvalue weighted by Gasteiger charge is 2.25. The molecule has 0 spiro atoms. The number of fused-ring (bicyclic) bond motifs is 1. The number of aromatic nitrogens is 4. The fourth-order valence-corrected chi connectivity index (χ4v) is 3.60. The van der Waals surface area contributed by atoms with Crippen LogP contribution in [0.4, 0.5) is 11.8 Å². The molecule has 1 saturated carbocycles. The van der Waals surface area contributed by atoms with Gasteiger partial charge in [-0.2, -0.15) is 4.98 Å². The van der Waals surface area contributed by atoms with Crippen LogP contribution in [0.5, 0.6) is 11.5 Å². The van der Waals surface area contributed by atoms with Gasteiger partial charge in [-0.1, -0.05) is 30.3 Å². The molecule has 4 aromatic rings. The molecule has 0 bridgehead atoms. The second-order valence-electron chi connectivity index (χ2n) is 7.61. The van der Waals surface area contributed by atoms with E-state index in [0.29, 0.717) is 47.2 Å². The number of anilines is 2. The number of hydrogen-bond donors (Lipinski definition) is 2. The first-order chi connectivity index (χ1) is 15.2. The maximum Gasteiger partial charge on any atom is 0.225 e. The maximum absolute atomic E-state index is 6.56. The smallest absolute Gasteiger partial charge is 0.225 e. The van der Waals surface area contributed by atoms with Gasteiger partial charge in [-0.3, -0.25) is 0 Å². The van der Waals surface area contributed by atoms with Gasteiger partial charge in [0, 0.05) is 11.6 Å². The highest BCUT2D eigenvalue weighted by molar-refractivity contribution is 5.99. The van der Waals surface area contributed by atoms with Crippen LogP contribution in [0.2, 0.25) is 0 Å². The molecule has 158 valence electrons. The molecule has 1 aliphatic rings. The summed E-state index contributed by atoms with van der Waals surface area (Å²) >= 11 is 0. The average molecular weight is 416 g/mol. The van der Waals surface area contributed by atoms with Gasteiger partial charge >= 0.3 is 0 Å². The van der Waals surface area contributed by atoms with Gasteiger partial charge < -0.3 is 20.5 Å². The monoisotopic (exact) mass is 416 g/mol. The first-order valence-electron chi connectivity index (χ1n) is 10.2. The summed E-state index contributed by atoms with van der Waals surface area (Å²) in [4.78, 5) is 9.46. The molecule has 0 atom stereocenters. The molecule has 0 aliphatic heterocycles. The average Bonchev–Trinajstić information content (AvgIpc) is 3.56. The third-order valence-electron chi connectivity index (χ3n) is 5.38. The van der Waals surface area contributed by atoms with Crippen molar-refractivity contribution < 1.29 is 9.47 Å². The standard InChI is InChI=1S/C23H24N6O2/c1-30-17-11-8-15(12-18(17)31-2)20-19-21(24)29(13-14-6-4-3-5-7-14)28-22(19)27-23(26-20)25-16-9-10-16/h3-8,11-12,16H,9-10,13,24H2,1-2H3,(H,25,27,28). The molecule has 0 unspecified atom stereocenters. The number of nitrogens with one attached hydrogen (secondary N) is 1. The molecule has 2 aromatic carbocycles. The quantitative estimate of drug-likeness (QED) is 0.474. The SMILES string of the molecule is COc1ccc(-c2nc(NC3CC3)nc3nn(Cc4ccccc4)c(N)c23)cc1OC. The van der Waals surface area contributed by atoms with Gasteiger partial charge in [-0.25, -0.2) is 9.67 Å². The minimum absolute atomic E-state index is 0.416. The van der Waals surface area contributed by atoms with E-state index in [2.05, 4.69) is 10.3 Å². The van der Waals surface area contributed by atoms with Crippen LogP contribution in [0, 0.1) is 0 Å². The first kappa shape index (κ1) is 19.2. The predicted molar refractivity (Wildman–Crippen MR) is 120 cm³/mol. The minimum atomic E-state index is 0.416.